The highest BCUT2D eigenvalue weighted by molar-refractivity contribution is 5.92. The quantitative estimate of drug-likeness (QED) is 0.847. The highest BCUT2D eigenvalue weighted by Gasteiger charge is 2.08. The molecule has 0 saturated carbocycles. The van der Waals surface area contributed by atoms with Crippen molar-refractivity contribution in [3.8, 4) is 6.07 Å². The van der Waals surface area contributed by atoms with Crippen LogP contribution in [0.15, 0.2) is 36.7 Å². The Balaban J connectivity index is 1.93. The zero-order valence-corrected chi connectivity index (χ0v) is 11.1. The van der Waals surface area contributed by atoms with E-state index in [0.717, 1.165) is 0 Å². The van der Waals surface area contributed by atoms with Crippen LogP contribution in [0.2, 0.25) is 0 Å². The molecule has 106 valence electrons. The van der Waals surface area contributed by atoms with Crippen molar-refractivity contribution in [2.45, 2.75) is 13.0 Å². The second-order valence-corrected chi connectivity index (χ2v) is 4.31. The molecule has 0 saturated heterocycles. The van der Waals surface area contributed by atoms with Gasteiger partial charge in [0.15, 0.2) is 0 Å². The molecule has 2 aromatic rings. The summed E-state index contributed by atoms with van der Waals surface area (Å²) in [6.45, 7) is 0.313. The van der Waals surface area contributed by atoms with Crippen LogP contribution in [0.3, 0.4) is 0 Å². The molecular formula is C14H13N5O2. The number of carbonyl (C=O) groups is 2. The lowest BCUT2D eigenvalue weighted by atomic mass is 10.2. The number of nitrogens with one attached hydrogen (secondary N) is 1. The van der Waals surface area contributed by atoms with Crippen molar-refractivity contribution in [1.29, 1.82) is 5.26 Å². The molecule has 0 aliphatic heterocycles. The molecule has 3 N–H and O–H groups in total. The first-order valence-corrected chi connectivity index (χ1v) is 6.21. The zero-order valence-electron chi connectivity index (χ0n) is 11.1. The van der Waals surface area contributed by atoms with Crippen molar-refractivity contribution in [2.24, 2.45) is 5.73 Å². The second kappa shape index (κ2) is 6.34. The predicted octanol–water partition coefficient (Wildman–Crippen LogP) is 0.882. The van der Waals surface area contributed by atoms with E-state index in [-0.39, 0.29) is 12.3 Å². The number of amides is 2. The van der Waals surface area contributed by atoms with Gasteiger partial charge in [-0.25, -0.2) is 0 Å². The van der Waals surface area contributed by atoms with Gasteiger partial charge in [0.05, 0.1) is 23.0 Å². The minimum atomic E-state index is -0.561. The van der Waals surface area contributed by atoms with E-state index in [2.05, 4.69) is 10.4 Å². The Morgan fingerprint density at radius 1 is 1.38 bits per heavy atom. The summed E-state index contributed by atoms with van der Waals surface area (Å²) < 4.78 is 1.47. The SMILES string of the molecule is N#Cc1ccccc1NC(=O)CCn1cc(C(N)=O)cn1. The lowest BCUT2D eigenvalue weighted by Crippen LogP contribution is -2.15. The maximum Gasteiger partial charge on any atom is 0.251 e. The van der Waals surface area contributed by atoms with E-state index in [1.807, 2.05) is 6.07 Å². The van der Waals surface area contributed by atoms with E-state index in [0.29, 0.717) is 23.4 Å². The summed E-state index contributed by atoms with van der Waals surface area (Å²) in [6, 6.07) is 8.76. The Labute approximate surface area is 121 Å². The van der Waals surface area contributed by atoms with Crippen molar-refractivity contribution in [1.82, 2.24) is 9.78 Å². The number of hydrogen-bond donors (Lipinski definition) is 2. The number of nitrogens with zero attached hydrogens (tertiary/aromatic N) is 3. The van der Waals surface area contributed by atoms with E-state index >= 15 is 0 Å². The van der Waals surface area contributed by atoms with Gasteiger partial charge >= 0.3 is 0 Å². The van der Waals surface area contributed by atoms with Gasteiger partial charge in [-0.05, 0) is 12.1 Å². The second-order valence-electron chi connectivity index (χ2n) is 4.31. The summed E-state index contributed by atoms with van der Waals surface area (Å²) in [5, 5.41) is 15.5. The molecule has 2 amide bonds. The molecule has 0 fully saturated rings. The number of hydrogen-bond acceptors (Lipinski definition) is 4. The van der Waals surface area contributed by atoms with Crippen molar-refractivity contribution in [3.05, 3.63) is 47.8 Å². The first-order valence-electron chi connectivity index (χ1n) is 6.21. The van der Waals surface area contributed by atoms with Crippen molar-refractivity contribution in [3.63, 3.8) is 0 Å². The van der Waals surface area contributed by atoms with E-state index in [9.17, 15) is 9.59 Å². The molecular weight excluding hydrogens is 270 g/mol. The monoisotopic (exact) mass is 283 g/mol. The standard InChI is InChI=1S/C14H13N5O2/c15-7-10-3-1-2-4-12(10)18-13(20)5-6-19-9-11(8-17-19)14(16)21/h1-4,8-9H,5-6H2,(H2,16,21)(H,18,20). The summed E-state index contributed by atoms with van der Waals surface area (Å²) in [5.41, 5.74) is 6.29. The number of para-hydroxylation sites is 1. The fourth-order valence-electron chi connectivity index (χ4n) is 1.73. The summed E-state index contributed by atoms with van der Waals surface area (Å²) >= 11 is 0. The number of nitriles is 1. The maximum absolute atomic E-state index is 11.8. The highest BCUT2D eigenvalue weighted by Crippen LogP contribution is 2.13. The Hall–Kier alpha value is -3.14. The first-order chi connectivity index (χ1) is 10.1. The third-order valence-corrected chi connectivity index (χ3v) is 2.81. The van der Waals surface area contributed by atoms with Gasteiger partial charge in [-0.1, -0.05) is 12.1 Å². The molecule has 0 radical (unpaired) electrons. The number of primary amides is 1. The molecule has 7 nitrogen and oxygen atoms in total. The Kier molecular flexibility index (Phi) is 4.31. The molecule has 7 heteroatoms. The number of benzene rings is 1. The Bertz CT molecular complexity index is 714. The molecule has 2 rings (SSSR count). The van der Waals surface area contributed by atoms with Crippen LogP contribution < -0.4 is 11.1 Å². The van der Waals surface area contributed by atoms with Gasteiger partial charge in [0, 0.05) is 19.2 Å². The number of rotatable bonds is 5. The topological polar surface area (TPSA) is 114 Å². The molecule has 0 bridgehead atoms. The molecule has 0 aliphatic rings. The zero-order chi connectivity index (χ0) is 15.2. The van der Waals surface area contributed by atoms with Crippen LogP contribution in [0.4, 0.5) is 5.69 Å². The Morgan fingerprint density at radius 2 is 2.14 bits per heavy atom. The van der Waals surface area contributed by atoms with Gasteiger partial charge < -0.3 is 11.1 Å². The van der Waals surface area contributed by atoms with Gasteiger partial charge in [-0.2, -0.15) is 10.4 Å². The number of nitrogens with two attached hydrogens (primary N) is 1. The van der Waals surface area contributed by atoms with Crippen LogP contribution in [-0.4, -0.2) is 21.6 Å². The maximum atomic E-state index is 11.8. The average Bonchev–Trinajstić information content (AvgIpc) is 2.95. The minimum Gasteiger partial charge on any atom is -0.366 e. The summed E-state index contributed by atoms with van der Waals surface area (Å²) in [5.74, 6) is -0.803. The van der Waals surface area contributed by atoms with Gasteiger partial charge in [-0.15, -0.1) is 0 Å². The third-order valence-electron chi connectivity index (χ3n) is 2.81. The van der Waals surface area contributed by atoms with Crippen LogP contribution in [0.5, 0.6) is 0 Å². The Morgan fingerprint density at radius 3 is 2.81 bits per heavy atom. The average molecular weight is 283 g/mol. The molecule has 0 atom stereocenters. The first kappa shape index (κ1) is 14.3. The number of aryl methyl sites for hydroxylation is 1. The fraction of sp³-hybridized carbons (Fsp3) is 0.143. The van der Waals surface area contributed by atoms with E-state index in [1.165, 1.54) is 17.1 Å². The lowest BCUT2D eigenvalue weighted by molar-refractivity contribution is -0.116. The van der Waals surface area contributed by atoms with Crippen molar-refractivity contribution in [2.75, 3.05) is 5.32 Å². The minimum absolute atomic E-state index is 0.166. The third kappa shape index (κ3) is 3.67. The lowest BCUT2D eigenvalue weighted by Gasteiger charge is -2.06. The summed E-state index contributed by atoms with van der Waals surface area (Å²) in [4.78, 5) is 22.8. The number of anilines is 1. The molecule has 1 aromatic carbocycles. The van der Waals surface area contributed by atoms with Crippen molar-refractivity contribution >= 4 is 17.5 Å². The normalized spacial score (nSPS) is 9.86. The molecule has 0 unspecified atom stereocenters. The van der Waals surface area contributed by atoms with Crippen molar-refractivity contribution < 1.29 is 9.59 Å². The summed E-state index contributed by atoms with van der Waals surface area (Å²) in [6.07, 6.45) is 3.00. The van der Waals surface area contributed by atoms with Gasteiger partial charge in [0.25, 0.3) is 5.91 Å². The van der Waals surface area contributed by atoms with Crippen LogP contribution in [0, 0.1) is 11.3 Å². The van der Waals surface area contributed by atoms with Crippen LogP contribution in [-0.2, 0) is 11.3 Å². The van der Waals surface area contributed by atoms with E-state index < -0.39 is 5.91 Å². The van der Waals surface area contributed by atoms with Gasteiger partial charge in [-0.3, -0.25) is 14.3 Å². The largest absolute Gasteiger partial charge is 0.366 e. The molecule has 1 heterocycles. The smallest absolute Gasteiger partial charge is 0.251 e. The molecule has 21 heavy (non-hydrogen) atoms. The van der Waals surface area contributed by atoms with Crippen LogP contribution in [0.1, 0.15) is 22.3 Å². The number of carbonyl (C=O) groups excluding carboxylic acids is 2. The highest BCUT2D eigenvalue weighted by atomic mass is 16.2. The molecule has 0 spiro atoms. The van der Waals surface area contributed by atoms with E-state index in [4.69, 9.17) is 11.0 Å². The van der Waals surface area contributed by atoms with Crippen LogP contribution in [0.25, 0.3) is 0 Å². The fourth-order valence-corrected chi connectivity index (χ4v) is 1.73. The van der Waals surface area contributed by atoms with Gasteiger partial charge in [0.1, 0.15) is 6.07 Å². The van der Waals surface area contributed by atoms with E-state index in [1.54, 1.807) is 24.3 Å². The molecule has 1 aromatic heterocycles. The van der Waals surface area contributed by atoms with Crippen LogP contribution >= 0.6 is 0 Å². The predicted molar refractivity (Wildman–Crippen MR) is 75.1 cm³/mol. The number of aromatic nitrogens is 2. The van der Waals surface area contributed by atoms with Gasteiger partial charge in [0.2, 0.25) is 5.91 Å². The molecule has 0 aliphatic carbocycles. The summed E-state index contributed by atoms with van der Waals surface area (Å²) in [7, 11) is 0.